The highest BCUT2D eigenvalue weighted by atomic mass is 79.9. The summed E-state index contributed by atoms with van der Waals surface area (Å²) in [5.41, 5.74) is 5.59. The van der Waals surface area contributed by atoms with E-state index in [0.717, 1.165) is 25.7 Å². The summed E-state index contributed by atoms with van der Waals surface area (Å²) in [6.45, 7) is 0. The number of amides is 3. The Kier molecular flexibility index (Phi) is 6.28. The molecule has 0 spiro atoms. The second kappa shape index (κ2) is 8.85. The van der Waals surface area contributed by atoms with Gasteiger partial charge in [0.2, 0.25) is 5.91 Å². The molecule has 0 saturated heterocycles. The Morgan fingerprint density at radius 3 is 2.19 bits per heavy atom. The summed E-state index contributed by atoms with van der Waals surface area (Å²) in [5, 5.41) is 2.89. The van der Waals surface area contributed by atoms with E-state index in [1.807, 2.05) is 0 Å². The van der Waals surface area contributed by atoms with Crippen LogP contribution in [0, 0.1) is 5.92 Å². The van der Waals surface area contributed by atoms with Gasteiger partial charge in [-0.05, 0) is 65.2 Å². The second-order valence-electron chi connectivity index (χ2n) is 6.41. The fourth-order valence-electron chi connectivity index (χ4n) is 3.00. The summed E-state index contributed by atoms with van der Waals surface area (Å²) in [6, 6.07) is 9.57. The van der Waals surface area contributed by atoms with Crippen molar-refractivity contribution in [3.8, 4) is 0 Å². The Morgan fingerprint density at radius 2 is 1.56 bits per heavy atom. The molecule has 1 aromatic heterocycles. The van der Waals surface area contributed by atoms with Crippen LogP contribution >= 0.6 is 15.9 Å². The van der Waals surface area contributed by atoms with Crippen LogP contribution < -0.4 is 16.2 Å². The number of nitrogens with one attached hydrogen (secondary N) is 3. The number of carbonyl (C=O) groups is 3. The van der Waals surface area contributed by atoms with Crippen LogP contribution in [0.4, 0.5) is 5.69 Å². The van der Waals surface area contributed by atoms with Crippen molar-refractivity contribution in [3.05, 3.63) is 52.4 Å². The van der Waals surface area contributed by atoms with Crippen molar-refractivity contribution in [1.82, 2.24) is 10.9 Å². The fourth-order valence-corrected chi connectivity index (χ4v) is 3.30. The largest absolute Gasteiger partial charge is 0.444 e. The van der Waals surface area contributed by atoms with E-state index in [9.17, 15) is 14.4 Å². The van der Waals surface area contributed by atoms with Gasteiger partial charge < -0.3 is 9.73 Å². The number of rotatable bonds is 4. The van der Waals surface area contributed by atoms with E-state index in [0.29, 0.717) is 15.9 Å². The van der Waals surface area contributed by atoms with Gasteiger partial charge in [-0.15, -0.1) is 0 Å². The third-order valence-electron chi connectivity index (χ3n) is 4.48. The Morgan fingerprint density at radius 1 is 0.889 bits per heavy atom. The van der Waals surface area contributed by atoms with Gasteiger partial charge >= 0.3 is 5.91 Å². The Bertz CT molecular complexity index is 826. The number of carbonyl (C=O) groups excluding carboxylic acids is 3. The molecule has 3 amide bonds. The highest BCUT2D eigenvalue weighted by Gasteiger charge is 2.21. The van der Waals surface area contributed by atoms with Crippen LogP contribution in [0.5, 0.6) is 0 Å². The molecule has 142 valence electrons. The molecule has 0 bridgehead atoms. The molecule has 1 aromatic carbocycles. The summed E-state index contributed by atoms with van der Waals surface area (Å²) >= 11 is 3.10. The minimum atomic E-state index is -0.564. The summed E-state index contributed by atoms with van der Waals surface area (Å²) in [6.07, 6.45) is 5.24. The van der Waals surface area contributed by atoms with Crippen molar-refractivity contribution in [3.63, 3.8) is 0 Å². The molecule has 1 fully saturated rings. The van der Waals surface area contributed by atoms with Crippen LogP contribution in [-0.2, 0) is 4.79 Å². The Labute approximate surface area is 165 Å². The van der Waals surface area contributed by atoms with Crippen LogP contribution in [0.1, 0.15) is 53.0 Å². The quantitative estimate of drug-likeness (QED) is 0.640. The Balaban J connectivity index is 1.51. The van der Waals surface area contributed by atoms with Gasteiger partial charge in [-0.25, -0.2) is 0 Å². The molecule has 7 nitrogen and oxygen atoms in total. The molecule has 1 saturated carbocycles. The van der Waals surface area contributed by atoms with Gasteiger partial charge in [-0.2, -0.15) is 0 Å². The van der Waals surface area contributed by atoms with Crippen molar-refractivity contribution in [2.75, 3.05) is 5.32 Å². The zero-order valence-corrected chi connectivity index (χ0v) is 16.2. The van der Waals surface area contributed by atoms with Crippen LogP contribution in [0.2, 0.25) is 0 Å². The first kappa shape index (κ1) is 19.2. The molecule has 2 aromatic rings. The molecule has 0 unspecified atom stereocenters. The first-order chi connectivity index (χ1) is 13.0. The van der Waals surface area contributed by atoms with E-state index in [2.05, 4.69) is 32.1 Å². The number of hydrazine groups is 1. The third kappa shape index (κ3) is 5.19. The van der Waals surface area contributed by atoms with E-state index >= 15 is 0 Å². The zero-order valence-electron chi connectivity index (χ0n) is 14.6. The smallest absolute Gasteiger partial charge is 0.305 e. The Hall–Kier alpha value is -2.61. The van der Waals surface area contributed by atoms with Gasteiger partial charge in [0.25, 0.3) is 5.91 Å². The monoisotopic (exact) mass is 433 g/mol. The van der Waals surface area contributed by atoms with E-state index in [4.69, 9.17) is 4.42 Å². The van der Waals surface area contributed by atoms with Crippen LogP contribution in [0.25, 0.3) is 0 Å². The van der Waals surface area contributed by atoms with Crippen molar-refractivity contribution < 1.29 is 18.8 Å². The lowest BCUT2D eigenvalue weighted by atomic mass is 9.88. The van der Waals surface area contributed by atoms with E-state index in [1.165, 1.54) is 12.5 Å². The van der Waals surface area contributed by atoms with Crippen molar-refractivity contribution in [2.24, 2.45) is 5.92 Å². The second-order valence-corrected chi connectivity index (χ2v) is 7.20. The molecule has 3 N–H and O–H groups in total. The van der Waals surface area contributed by atoms with Crippen molar-refractivity contribution >= 4 is 39.3 Å². The lowest BCUT2D eigenvalue weighted by Crippen LogP contribution is -2.41. The molecule has 8 heteroatoms. The lowest BCUT2D eigenvalue weighted by molar-refractivity contribution is -0.120. The summed E-state index contributed by atoms with van der Waals surface area (Å²) in [5.74, 6) is -0.866. The normalized spacial score (nSPS) is 14.4. The molecule has 1 heterocycles. The standard InChI is InChI=1S/C19H20BrN3O4/c20-16-11-10-15(27-16)19(26)23-22-18(25)13-6-8-14(9-7-13)21-17(24)12-4-2-1-3-5-12/h6-12H,1-5H2,(H,21,24)(H,22,25)(H,23,26). The van der Waals surface area contributed by atoms with Gasteiger partial charge in [-0.1, -0.05) is 19.3 Å². The maximum atomic E-state index is 12.3. The molecule has 0 atom stereocenters. The number of hydrogen-bond acceptors (Lipinski definition) is 4. The molecule has 0 radical (unpaired) electrons. The fraction of sp³-hybridized carbons (Fsp3) is 0.316. The molecule has 27 heavy (non-hydrogen) atoms. The van der Waals surface area contributed by atoms with Crippen LogP contribution in [0.15, 0.2) is 45.5 Å². The van der Waals surface area contributed by atoms with Crippen LogP contribution in [-0.4, -0.2) is 17.7 Å². The number of hydrogen-bond donors (Lipinski definition) is 3. The topological polar surface area (TPSA) is 100 Å². The highest BCUT2D eigenvalue weighted by Crippen LogP contribution is 2.25. The number of halogens is 1. The summed E-state index contributed by atoms with van der Waals surface area (Å²) < 4.78 is 5.52. The predicted molar refractivity (Wildman–Crippen MR) is 103 cm³/mol. The van der Waals surface area contributed by atoms with Gasteiger partial charge in [0.1, 0.15) is 0 Å². The van der Waals surface area contributed by atoms with Gasteiger partial charge in [0.15, 0.2) is 10.4 Å². The summed E-state index contributed by atoms with van der Waals surface area (Å²) in [7, 11) is 0. The molecule has 0 aliphatic heterocycles. The zero-order chi connectivity index (χ0) is 19.2. The van der Waals surface area contributed by atoms with Crippen molar-refractivity contribution in [1.29, 1.82) is 0 Å². The SMILES string of the molecule is O=C(NNC(=O)c1ccc(Br)o1)c1ccc(NC(=O)C2CCCCC2)cc1. The number of anilines is 1. The third-order valence-corrected chi connectivity index (χ3v) is 4.90. The first-order valence-corrected chi connectivity index (χ1v) is 9.59. The predicted octanol–water partition coefficient (Wildman–Crippen LogP) is 3.64. The molecule has 3 rings (SSSR count). The minimum absolute atomic E-state index is 0.0313. The summed E-state index contributed by atoms with van der Waals surface area (Å²) in [4.78, 5) is 36.2. The van der Waals surface area contributed by atoms with Gasteiger partial charge in [-0.3, -0.25) is 25.2 Å². The maximum Gasteiger partial charge on any atom is 0.305 e. The van der Waals surface area contributed by atoms with E-state index in [1.54, 1.807) is 30.3 Å². The number of furan rings is 1. The minimum Gasteiger partial charge on any atom is -0.444 e. The maximum absolute atomic E-state index is 12.3. The van der Waals surface area contributed by atoms with Gasteiger partial charge in [0, 0.05) is 17.2 Å². The molecule has 1 aliphatic rings. The molecular weight excluding hydrogens is 414 g/mol. The van der Waals surface area contributed by atoms with E-state index < -0.39 is 11.8 Å². The first-order valence-electron chi connectivity index (χ1n) is 8.80. The average Bonchev–Trinajstić information content (AvgIpc) is 3.13. The molecular formula is C19H20BrN3O4. The van der Waals surface area contributed by atoms with Crippen molar-refractivity contribution in [2.45, 2.75) is 32.1 Å². The average molecular weight is 434 g/mol. The van der Waals surface area contributed by atoms with E-state index in [-0.39, 0.29) is 17.6 Å². The molecule has 1 aliphatic carbocycles. The highest BCUT2D eigenvalue weighted by molar-refractivity contribution is 9.10. The lowest BCUT2D eigenvalue weighted by Gasteiger charge is -2.20. The van der Waals surface area contributed by atoms with Gasteiger partial charge in [0.05, 0.1) is 0 Å². The van der Waals surface area contributed by atoms with Crippen LogP contribution in [0.3, 0.4) is 0 Å². The number of benzene rings is 1.